The molecule has 6 rings (SSSR count). The van der Waals surface area contributed by atoms with Crippen molar-refractivity contribution in [1.82, 2.24) is 0 Å². The molecule has 45 heavy (non-hydrogen) atoms. The summed E-state index contributed by atoms with van der Waals surface area (Å²) in [4.78, 5) is 48.5. The van der Waals surface area contributed by atoms with Crippen molar-refractivity contribution in [2.45, 2.75) is 140 Å². The molecule has 0 radical (unpaired) electrons. The van der Waals surface area contributed by atoms with Crippen molar-refractivity contribution >= 4 is 23.1 Å². The first-order valence-corrected chi connectivity index (χ1v) is 16.7. The van der Waals surface area contributed by atoms with E-state index in [0.29, 0.717) is 38.5 Å². The van der Waals surface area contributed by atoms with Gasteiger partial charge in [0.1, 0.15) is 23.1 Å². The van der Waals surface area contributed by atoms with E-state index in [1.807, 2.05) is 0 Å². The van der Waals surface area contributed by atoms with Gasteiger partial charge < -0.3 is 9.47 Å². The summed E-state index contributed by atoms with van der Waals surface area (Å²) in [6.45, 7) is 0. The lowest BCUT2D eigenvalue weighted by molar-refractivity contribution is -0.383. The lowest BCUT2D eigenvalue weighted by atomic mass is 9.57. The zero-order valence-electron chi connectivity index (χ0n) is 25.3. The fourth-order valence-corrected chi connectivity index (χ4v) is 10.1. The Kier molecular flexibility index (Phi) is 9.06. The zero-order chi connectivity index (χ0) is 32.3. The van der Waals surface area contributed by atoms with Gasteiger partial charge in [-0.05, 0) is 102 Å². The monoisotopic (exact) mass is 648 g/mol. The summed E-state index contributed by atoms with van der Waals surface area (Å²) < 4.78 is 101. The molecular formula is C33H42F6O6. The van der Waals surface area contributed by atoms with E-state index in [2.05, 4.69) is 0 Å². The van der Waals surface area contributed by atoms with E-state index in [1.54, 1.807) is 0 Å². The largest absolute Gasteiger partial charge is 0.403 e. The van der Waals surface area contributed by atoms with Gasteiger partial charge in [0.15, 0.2) is 5.41 Å². The Balaban J connectivity index is 1.07. The summed E-state index contributed by atoms with van der Waals surface area (Å²) in [5, 5.41) is 0. The number of ketones is 4. The number of halogens is 6. The number of ether oxygens (including phenoxy) is 2. The van der Waals surface area contributed by atoms with E-state index < -0.39 is 41.8 Å². The van der Waals surface area contributed by atoms with Gasteiger partial charge in [-0.15, -0.1) is 0 Å². The summed E-state index contributed by atoms with van der Waals surface area (Å²) in [7, 11) is 0. The van der Waals surface area contributed by atoms with Crippen molar-refractivity contribution in [3.8, 4) is 0 Å². The van der Waals surface area contributed by atoms with Crippen LogP contribution in [0.5, 0.6) is 0 Å². The summed E-state index contributed by atoms with van der Waals surface area (Å²) >= 11 is 0. The number of hydrogen-bond donors (Lipinski definition) is 0. The molecule has 12 heteroatoms. The molecule has 0 N–H and O–H groups in total. The maximum absolute atomic E-state index is 14.9. The molecule has 6 atom stereocenters. The molecule has 6 fully saturated rings. The summed E-state index contributed by atoms with van der Waals surface area (Å²) in [5.41, 5.74) is -3.82. The third-order valence-electron chi connectivity index (χ3n) is 12.3. The maximum atomic E-state index is 14.9. The van der Waals surface area contributed by atoms with Gasteiger partial charge >= 0.3 is 12.4 Å². The highest BCUT2D eigenvalue weighted by atomic mass is 19.4. The predicted octanol–water partition coefficient (Wildman–Crippen LogP) is 6.90. The maximum Gasteiger partial charge on any atom is 0.403 e. The van der Waals surface area contributed by atoms with Crippen LogP contribution in [0, 0.1) is 40.9 Å². The van der Waals surface area contributed by atoms with Crippen LogP contribution in [0.3, 0.4) is 0 Å². The van der Waals surface area contributed by atoms with Crippen LogP contribution in [-0.4, -0.2) is 59.9 Å². The fraction of sp³-hybridized carbons (Fsp3) is 0.879. The van der Waals surface area contributed by atoms with Crippen LogP contribution in [-0.2, 0) is 28.7 Å². The van der Waals surface area contributed by atoms with Gasteiger partial charge in [-0.3, -0.25) is 19.2 Å². The highest BCUT2D eigenvalue weighted by Gasteiger charge is 2.76. The first kappa shape index (κ1) is 33.1. The third kappa shape index (κ3) is 6.04. The normalized spacial score (nSPS) is 40.0. The first-order chi connectivity index (χ1) is 21.2. The van der Waals surface area contributed by atoms with Crippen LogP contribution in [0.1, 0.15) is 103 Å². The molecule has 6 aliphatic carbocycles. The minimum Gasteiger partial charge on any atom is -0.375 e. The van der Waals surface area contributed by atoms with E-state index in [4.69, 9.17) is 9.47 Å². The van der Waals surface area contributed by atoms with Gasteiger partial charge in [0.2, 0.25) is 0 Å². The molecule has 0 heterocycles. The van der Waals surface area contributed by atoms with Crippen LogP contribution in [0.25, 0.3) is 0 Å². The van der Waals surface area contributed by atoms with Crippen LogP contribution >= 0.6 is 0 Å². The van der Waals surface area contributed by atoms with E-state index in [0.717, 1.165) is 0 Å². The highest BCUT2D eigenvalue weighted by Crippen LogP contribution is 2.65. The van der Waals surface area contributed by atoms with Crippen LogP contribution in [0.4, 0.5) is 26.3 Å². The highest BCUT2D eigenvalue weighted by molar-refractivity contribution is 6.09. The third-order valence-corrected chi connectivity index (χ3v) is 12.3. The number of fused-ring (bicyclic) bond motifs is 2. The van der Waals surface area contributed by atoms with E-state index >= 15 is 0 Å². The second-order valence-electron chi connectivity index (χ2n) is 14.6. The SMILES string of the molecule is O=C1CC(=O)C2CC(OC3CCC(C(C4CCC(OC5CCC6C(=O)CC(=O)C6C5)CC4)(C(F)(F)F)C(F)(F)F)CC3)CCC12. The van der Waals surface area contributed by atoms with Gasteiger partial charge in [0.05, 0.1) is 37.3 Å². The molecule has 0 saturated heterocycles. The Morgan fingerprint density at radius 2 is 0.733 bits per heavy atom. The van der Waals surface area contributed by atoms with Crippen molar-refractivity contribution in [2.75, 3.05) is 0 Å². The second kappa shape index (κ2) is 12.3. The number of Topliss-reactive ketones (excluding diaryl/α,β-unsaturated/α-hetero) is 4. The summed E-state index contributed by atoms with van der Waals surface area (Å²) in [5.74, 6) is -4.90. The summed E-state index contributed by atoms with van der Waals surface area (Å²) in [6, 6.07) is 0. The Hall–Kier alpha value is -1.82. The molecule has 0 bridgehead atoms. The van der Waals surface area contributed by atoms with Crippen molar-refractivity contribution in [1.29, 1.82) is 0 Å². The molecule has 252 valence electrons. The summed E-state index contributed by atoms with van der Waals surface area (Å²) in [6.07, 6.45) is -10.5. The van der Waals surface area contributed by atoms with Gasteiger partial charge in [0, 0.05) is 23.7 Å². The number of alkyl halides is 6. The number of carbonyl (C=O) groups is 4. The van der Waals surface area contributed by atoms with Crippen LogP contribution < -0.4 is 0 Å². The van der Waals surface area contributed by atoms with Crippen molar-refractivity contribution in [3.63, 3.8) is 0 Å². The number of rotatable bonds is 6. The number of hydrogen-bond acceptors (Lipinski definition) is 6. The molecule has 0 spiro atoms. The number of carbonyl (C=O) groups excluding carboxylic acids is 4. The Bertz CT molecular complexity index is 1080. The topological polar surface area (TPSA) is 86.7 Å². The Morgan fingerprint density at radius 3 is 1.07 bits per heavy atom. The molecule has 6 saturated carbocycles. The van der Waals surface area contributed by atoms with Crippen molar-refractivity contribution in [3.05, 3.63) is 0 Å². The minimum atomic E-state index is -5.48. The minimum absolute atomic E-state index is 0.0504. The Morgan fingerprint density at radius 1 is 0.422 bits per heavy atom. The molecule has 6 nitrogen and oxygen atoms in total. The molecule has 6 unspecified atom stereocenters. The molecule has 0 aromatic carbocycles. The van der Waals surface area contributed by atoms with E-state index in [1.165, 1.54) is 0 Å². The molecule has 0 aliphatic heterocycles. The van der Waals surface area contributed by atoms with Crippen molar-refractivity contribution in [2.24, 2.45) is 40.9 Å². The lowest BCUT2D eigenvalue weighted by Gasteiger charge is -2.51. The predicted molar refractivity (Wildman–Crippen MR) is 147 cm³/mol. The smallest absolute Gasteiger partial charge is 0.375 e. The first-order valence-electron chi connectivity index (χ1n) is 16.7. The van der Waals surface area contributed by atoms with Gasteiger partial charge in [-0.2, -0.15) is 26.3 Å². The average Bonchev–Trinajstić information content (AvgIpc) is 3.41. The Labute approximate surface area is 258 Å². The van der Waals surface area contributed by atoms with Gasteiger partial charge in [-0.1, -0.05) is 0 Å². The van der Waals surface area contributed by atoms with Crippen molar-refractivity contribution < 1.29 is 55.0 Å². The van der Waals surface area contributed by atoms with Crippen LogP contribution in [0.2, 0.25) is 0 Å². The zero-order valence-corrected chi connectivity index (χ0v) is 25.3. The van der Waals surface area contributed by atoms with Gasteiger partial charge in [0.25, 0.3) is 0 Å². The van der Waals surface area contributed by atoms with Crippen LogP contribution in [0.15, 0.2) is 0 Å². The fourth-order valence-electron chi connectivity index (χ4n) is 10.1. The van der Waals surface area contributed by atoms with Gasteiger partial charge in [-0.25, -0.2) is 0 Å². The van der Waals surface area contributed by atoms with E-state index in [-0.39, 0.29) is 123 Å². The second-order valence-corrected chi connectivity index (χ2v) is 14.6. The molecule has 0 amide bonds. The van der Waals surface area contributed by atoms with E-state index in [9.17, 15) is 45.5 Å². The molecular weight excluding hydrogens is 606 g/mol. The molecule has 0 aromatic rings. The quantitative estimate of drug-likeness (QED) is 0.230. The average molecular weight is 649 g/mol. The molecule has 6 aliphatic rings. The molecule has 0 aromatic heterocycles. The standard InChI is InChI=1S/C33H42F6O6/c34-32(35,36)31(33(37,38)39,17-1-5-19(6-2-17)44-21-9-11-23-25(13-21)29(42)15-27(23)40)18-3-7-20(8-4-18)45-22-10-12-24-26(14-22)30(43)16-28(24)41/h17-26H,1-16H2. The lowest BCUT2D eigenvalue weighted by Crippen LogP contribution is -2.61.